The highest BCUT2D eigenvalue weighted by atomic mass is 16.2. The first kappa shape index (κ1) is 24.1. The highest BCUT2D eigenvalue weighted by Crippen LogP contribution is 2.17. The quantitative estimate of drug-likeness (QED) is 0.669. The molecule has 0 radical (unpaired) electrons. The first-order valence-electron chi connectivity index (χ1n) is 9.90. The van der Waals surface area contributed by atoms with Crippen LogP contribution in [0.3, 0.4) is 0 Å². The van der Waals surface area contributed by atoms with Gasteiger partial charge in [-0.3, -0.25) is 19.4 Å². The van der Waals surface area contributed by atoms with Gasteiger partial charge in [-0.25, -0.2) is 0 Å². The number of pyridine rings is 1. The number of aryl methyl sites for hydroxylation is 1. The molecule has 0 bridgehead atoms. The molecule has 158 valence electrons. The number of carbonyl (C=O) groups is 3. The Bertz CT molecular complexity index is 722. The van der Waals surface area contributed by atoms with E-state index in [0.717, 1.165) is 18.0 Å². The molecular weight excluding hydrogens is 370 g/mol. The topological polar surface area (TPSA) is 124 Å². The van der Waals surface area contributed by atoms with E-state index < -0.39 is 17.9 Å². The van der Waals surface area contributed by atoms with Gasteiger partial charge in [0.2, 0.25) is 11.8 Å². The molecule has 0 aromatic carbocycles. The molecule has 8 heteroatoms. The maximum Gasteiger partial charge on any atom is 0.253 e. The second kappa shape index (κ2) is 12.5. The van der Waals surface area contributed by atoms with Crippen molar-refractivity contribution in [3.05, 3.63) is 29.6 Å². The van der Waals surface area contributed by atoms with Gasteiger partial charge in [-0.05, 0) is 44.2 Å². The van der Waals surface area contributed by atoms with Gasteiger partial charge in [-0.1, -0.05) is 20.8 Å². The largest absolute Gasteiger partial charge is 0.356 e. The van der Waals surface area contributed by atoms with Crippen LogP contribution in [-0.4, -0.2) is 41.8 Å². The summed E-state index contributed by atoms with van der Waals surface area (Å²) < 4.78 is 0. The van der Waals surface area contributed by atoms with Crippen LogP contribution in [0.4, 0.5) is 0 Å². The SMILES string of the molecule is CC(C)C.Cc1ccc(C(=O)NCC(=O)NC(C#N)C[C@@H]2CCCNC2=O)cn1. The van der Waals surface area contributed by atoms with Crippen LogP contribution in [0.1, 0.15) is 56.1 Å². The molecular formula is C21H31N5O3. The van der Waals surface area contributed by atoms with Gasteiger partial charge in [0.15, 0.2) is 0 Å². The van der Waals surface area contributed by atoms with Crippen LogP contribution in [0.2, 0.25) is 0 Å². The van der Waals surface area contributed by atoms with Crippen molar-refractivity contribution >= 4 is 17.7 Å². The molecule has 3 N–H and O–H groups in total. The molecule has 1 aromatic heterocycles. The standard InChI is InChI=1S/C17H21N5O3.C4H10/c1-11-4-5-13(9-20-11)17(25)21-10-15(23)22-14(8-18)7-12-3-2-6-19-16(12)24;1-4(2)3/h4-5,9,12,14H,2-3,6-7,10H2,1H3,(H,19,24)(H,21,25)(H,22,23);4H,1-3H3/t12-,14?;/m0./s1. The Morgan fingerprint density at radius 3 is 2.59 bits per heavy atom. The van der Waals surface area contributed by atoms with Crippen LogP contribution in [0.5, 0.6) is 0 Å². The zero-order valence-electron chi connectivity index (χ0n) is 17.6. The molecule has 1 saturated heterocycles. The Balaban J connectivity index is 0.000000960. The van der Waals surface area contributed by atoms with Gasteiger partial charge in [-0.2, -0.15) is 5.26 Å². The normalized spacial score (nSPS) is 16.6. The van der Waals surface area contributed by atoms with Gasteiger partial charge in [0.05, 0.1) is 18.2 Å². The summed E-state index contributed by atoms with van der Waals surface area (Å²) in [6.07, 6.45) is 3.27. The molecule has 8 nitrogen and oxygen atoms in total. The molecule has 0 aliphatic carbocycles. The summed E-state index contributed by atoms with van der Waals surface area (Å²) >= 11 is 0. The minimum atomic E-state index is -0.765. The third-order valence-electron chi connectivity index (χ3n) is 3.99. The average molecular weight is 402 g/mol. The molecule has 2 atom stereocenters. The van der Waals surface area contributed by atoms with E-state index in [-0.39, 0.29) is 24.8 Å². The summed E-state index contributed by atoms with van der Waals surface area (Å²) in [6, 6.07) is 4.55. The van der Waals surface area contributed by atoms with Gasteiger partial charge in [-0.15, -0.1) is 0 Å². The zero-order chi connectivity index (χ0) is 21.8. The number of hydrogen-bond acceptors (Lipinski definition) is 5. The van der Waals surface area contributed by atoms with Crippen molar-refractivity contribution in [1.82, 2.24) is 20.9 Å². The summed E-state index contributed by atoms with van der Waals surface area (Å²) in [7, 11) is 0. The summed E-state index contributed by atoms with van der Waals surface area (Å²) in [5.74, 6) is -0.410. The lowest BCUT2D eigenvalue weighted by Gasteiger charge is -2.23. The first-order valence-corrected chi connectivity index (χ1v) is 9.90. The average Bonchev–Trinajstić information content (AvgIpc) is 2.67. The van der Waals surface area contributed by atoms with Crippen LogP contribution in [0.25, 0.3) is 0 Å². The second-order valence-electron chi connectivity index (χ2n) is 7.72. The smallest absolute Gasteiger partial charge is 0.253 e. The fourth-order valence-corrected chi connectivity index (χ4v) is 2.60. The summed E-state index contributed by atoms with van der Waals surface area (Å²) in [5, 5.41) is 17.0. The van der Waals surface area contributed by atoms with Crippen molar-refractivity contribution in [3.8, 4) is 6.07 Å². The Kier molecular flexibility index (Phi) is 10.4. The molecule has 3 amide bonds. The summed E-state index contributed by atoms with van der Waals surface area (Å²) in [6.45, 7) is 8.71. The number of aromatic nitrogens is 1. The van der Waals surface area contributed by atoms with E-state index in [1.54, 1.807) is 12.1 Å². The monoisotopic (exact) mass is 401 g/mol. The predicted molar refractivity (Wildman–Crippen MR) is 110 cm³/mol. The third-order valence-corrected chi connectivity index (χ3v) is 3.99. The molecule has 0 saturated carbocycles. The molecule has 1 unspecified atom stereocenters. The molecule has 1 fully saturated rings. The molecule has 2 heterocycles. The maximum atomic E-state index is 11.9. The number of nitriles is 1. The number of carbonyl (C=O) groups excluding carboxylic acids is 3. The lowest BCUT2D eigenvalue weighted by molar-refractivity contribution is -0.127. The number of nitrogens with zero attached hydrogens (tertiary/aromatic N) is 2. The minimum absolute atomic E-state index is 0.0825. The lowest BCUT2D eigenvalue weighted by atomic mass is 9.92. The molecule has 1 aliphatic heterocycles. The fraction of sp³-hybridized carbons (Fsp3) is 0.571. The van der Waals surface area contributed by atoms with Gasteiger partial charge in [0, 0.05) is 24.4 Å². The summed E-state index contributed by atoms with van der Waals surface area (Å²) in [5.41, 5.74) is 1.15. The zero-order valence-corrected chi connectivity index (χ0v) is 17.6. The highest BCUT2D eigenvalue weighted by molar-refractivity contribution is 5.96. The predicted octanol–water partition coefficient (Wildman–Crippen LogP) is 1.71. The van der Waals surface area contributed by atoms with Crippen molar-refractivity contribution in [2.24, 2.45) is 11.8 Å². The van der Waals surface area contributed by atoms with Crippen LogP contribution < -0.4 is 16.0 Å². The lowest BCUT2D eigenvalue weighted by Crippen LogP contribution is -2.44. The number of hydrogen-bond donors (Lipinski definition) is 3. The van der Waals surface area contributed by atoms with Crippen LogP contribution in [-0.2, 0) is 9.59 Å². The van der Waals surface area contributed by atoms with Crippen LogP contribution in [0, 0.1) is 30.1 Å². The van der Waals surface area contributed by atoms with E-state index in [0.29, 0.717) is 18.5 Å². The number of nitrogens with one attached hydrogen (secondary N) is 3. The van der Waals surface area contributed by atoms with Gasteiger partial charge >= 0.3 is 0 Å². The van der Waals surface area contributed by atoms with E-state index >= 15 is 0 Å². The summed E-state index contributed by atoms with van der Waals surface area (Å²) in [4.78, 5) is 39.6. The number of piperidine rings is 1. The maximum absolute atomic E-state index is 11.9. The number of amides is 3. The molecule has 2 rings (SSSR count). The van der Waals surface area contributed by atoms with E-state index in [1.165, 1.54) is 6.20 Å². The van der Waals surface area contributed by atoms with Crippen LogP contribution >= 0.6 is 0 Å². The van der Waals surface area contributed by atoms with Crippen molar-refractivity contribution < 1.29 is 14.4 Å². The Hall–Kier alpha value is -2.95. The van der Waals surface area contributed by atoms with Crippen molar-refractivity contribution in [1.29, 1.82) is 5.26 Å². The third kappa shape index (κ3) is 9.70. The molecule has 1 aromatic rings. The van der Waals surface area contributed by atoms with Crippen molar-refractivity contribution in [3.63, 3.8) is 0 Å². The van der Waals surface area contributed by atoms with Crippen molar-refractivity contribution in [2.75, 3.05) is 13.1 Å². The molecule has 29 heavy (non-hydrogen) atoms. The Labute approximate surface area is 172 Å². The first-order chi connectivity index (χ1) is 13.7. The minimum Gasteiger partial charge on any atom is -0.356 e. The highest BCUT2D eigenvalue weighted by Gasteiger charge is 2.26. The fourth-order valence-electron chi connectivity index (χ4n) is 2.60. The molecule has 0 spiro atoms. The second-order valence-corrected chi connectivity index (χ2v) is 7.72. The van der Waals surface area contributed by atoms with Crippen LogP contribution in [0.15, 0.2) is 18.3 Å². The van der Waals surface area contributed by atoms with Gasteiger partial charge in [0.1, 0.15) is 6.04 Å². The molecule has 1 aliphatic rings. The Morgan fingerprint density at radius 2 is 2.03 bits per heavy atom. The van der Waals surface area contributed by atoms with E-state index in [4.69, 9.17) is 0 Å². The van der Waals surface area contributed by atoms with E-state index in [1.807, 2.05) is 13.0 Å². The van der Waals surface area contributed by atoms with E-state index in [2.05, 4.69) is 41.7 Å². The number of rotatable bonds is 6. The van der Waals surface area contributed by atoms with Gasteiger partial charge in [0.25, 0.3) is 5.91 Å². The van der Waals surface area contributed by atoms with Crippen molar-refractivity contribution in [2.45, 2.75) is 53.0 Å². The Morgan fingerprint density at radius 1 is 1.34 bits per heavy atom. The van der Waals surface area contributed by atoms with Gasteiger partial charge < -0.3 is 16.0 Å². The van der Waals surface area contributed by atoms with E-state index in [9.17, 15) is 19.6 Å².